The number of aliphatic imine (C=N–C) groups is 1. The van der Waals surface area contributed by atoms with Gasteiger partial charge in [-0.1, -0.05) is 43.0 Å². The van der Waals surface area contributed by atoms with Crippen molar-refractivity contribution < 1.29 is 28.9 Å². The average Bonchev–Trinajstić information content (AvgIpc) is 3.17. The number of rotatable bonds is 8. The maximum absolute atomic E-state index is 12.4. The molecule has 35 heavy (non-hydrogen) atoms. The Morgan fingerprint density at radius 1 is 1.17 bits per heavy atom. The monoisotopic (exact) mass is 492 g/mol. The van der Waals surface area contributed by atoms with Crippen LogP contribution in [0.1, 0.15) is 37.0 Å². The number of esters is 1. The number of carbonyl (C=O) groups is 2. The highest BCUT2D eigenvalue weighted by atomic mass is 32.2. The van der Waals surface area contributed by atoms with Crippen molar-refractivity contribution in [3.05, 3.63) is 75.4 Å². The van der Waals surface area contributed by atoms with Crippen LogP contribution in [-0.2, 0) is 20.9 Å². The minimum Gasteiger partial charge on any atom is -0.506 e. The number of carbonyl (C=O) groups excluding carboxylic acids is 2. The lowest BCUT2D eigenvalue weighted by Gasteiger charge is -2.12. The zero-order chi connectivity index (χ0) is 25.4. The fourth-order valence-electron chi connectivity index (χ4n) is 3.14. The van der Waals surface area contributed by atoms with Gasteiger partial charge in [0.15, 0.2) is 11.5 Å². The van der Waals surface area contributed by atoms with E-state index in [9.17, 15) is 20.0 Å². The van der Waals surface area contributed by atoms with Gasteiger partial charge in [-0.2, -0.15) is 5.26 Å². The molecule has 2 aromatic carbocycles. The highest BCUT2D eigenvalue weighted by molar-refractivity contribution is 8.18. The van der Waals surface area contributed by atoms with E-state index in [-0.39, 0.29) is 36.0 Å². The number of methoxy groups -OCH3 is 1. The summed E-state index contributed by atoms with van der Waals surface area (Å²) in [4.78, 5) is 28.5. The van der Waals surface area contributed by atoms with E-state index in [4.69, 9.17) is 14.2 Å². The predicted molar refractivity (Wildman–Crippen MR) is 133 cm³/mol. The number of aliphatic hydroxyl groups is 1. The van der Waals surface area contributed by atoms with Crippen molar-refractivity contribution in [2.45, 2.75) is 26.9 Å². The van der Waals surface area contributed by atoms with Gasteiger partial charge >= 0.3 is 5.97 Å². The molecule has 8 nitrogen and oxygen atoms in total. The molecule has 9 heteroatoms. The Bertz CT molecular complexity index is 1270. The van der Waals surface area contributed by atoms with E-state index in [1.54, 1.807) is 50.3 Å². The van der Waals surface area contributed by atoms with Gasteiger partial charge in [0.1, 0.15) is 23.0 Å². The number of thioether (sulfide) groups is 1. The maximum atomic E-state index is 12.4. The van der Waals surface area contributed by atoms with Crippen molar-refractivity contribution in [2.24, 2.45) is 4.99 Å². The Kier molecular flexibility index (Phi) is 8.70. The van der Waals surface area contributed by atoms with Crippen LogP contribution in [0.4, 0.5) is 0 Å². The van der Waals surface area contributed by atoms with Gasteiger partial charge in [0.05, 0.1) is 30.3 Å². The molecule has 0 saturated carbocycles. The Hall–Kier alpha value is -4.03. The van der Waals surface area contributed by atoms with E-state index < -0.39 is 11.9 Å². The first-order valence-corrected chi connectivity index (χ1v) is 11.6. The molecule has 1 aliphatic rings. The molecule has 0 radical (unpaired) electrons. The van der Waals surface area contributed by atoms with Gasteiger partial charge in [0.25, 0.3) is 0 Å². The van der Waals surface area contributed by atoms with Gasteiger partial charge < -0.3 is 19.3 Å². The summed E-state index contributed by atoms with van der Waals surface area (Å²) in [5.74, 6) is -0.541. The second-order valence-electron chi connectivity index (χ2n) is 7.19. The lowest BCUT2D eigenvalue weighted by molar-refractivity contribution is -0.138. The zero-order valence-corrected chi connectivity index (χ0v) is 20.3. The largest absolute Gasteiger partial charge is 0.506 e. The summed E-state index contributed by atoms with van der Waals surface area (Å²) in [5.41, 5.74) is 1.81. The highest BCUT2D eigenvalue weighted by Crippen LogP contribution is 2.40. The Morgan fingerprint density at radius 2 is 1.94 bits per heavy atom. The van der Waals surface area contributed by atoms with Crippen molar-refractivity contribution in [3.8, 4) is 17.6 Å². The van der Waals surface area contributed by atoms with Crippen LogP contribution in [0.3, 0.4) is 0 Å². The molecule has 0 atom stereocenters. The first-order chi connectivity index (χ1) is 16.9. The van der Waals surface area contributed by atoms with Gasteiger partial charge in [-0.3, -0.25) is 4.79 Å². The third-order valence-corrected chi connectivity index (χ3v) is 5.93. The molecule has 1 aliphatic heterocycles. The fraction of sp³-hybridized carbons (Fsp3) is 0.231. The van der Waals surface area contributed by atoms with Gasteiger partial charge in [0.2, 0.25) is 5.91 Å². The number of hydrogen-bond donors (Lipinski definition) is 1. The van der Waals surface area contributed by atoms with Crippen molar-refractivity contribution in [2.75, 3.05) is 13.7 Å². The number of nitriles is 1. The number of amides is 1. The van der Waals surface area contributed by atoms with Crippen LogP contribution in [0.15, 0.2) is 63.7 Å². The quantitative estimate of drug-likeness (QED) is 0.515. The molecule has 1 N–H and O–H groups in total. The van der Waals surface area contributed by atoms with Crippen molar-refractivity contribution in [1.29, 1.82) is 5.26 Å². The molecule has 0 fully saturated rings. The molecule has 0 aliphatic carbocycles. The number of ether oxygens (including phenoxy) is 3. The van der Waals surface area contributed by atoms with E-state index >= 15 is 0 Å². The Labute approximate surface area is 207 Å². The van der Waals surface area contributed by atoms with Crippen LogP contribution in [0, 0.1) is 11.3 Å². The van der Waals surface area contributed by atoms with Crippen LogP contribution in [0.5, 0.6) is 11.5 Å². The second kappa shape index (κ2) is 11.9. The first-order valence-electron chi connectivity index (χ1n) is 10.8. The van der Waals surface area contributed by atoms with Crippen molar-refractivity contribution in [3.63, 3.8) is 0 Å². The van der Waals surface area contributed by atoms with E-state index in [1.165, 1.54) is 7.11 Å². The molecule has 0 unspecified atom stereocenters. The molecular formula is C26H24N2O6S. The normalized spacial score (nSPS) is 15.3. The van der Waals surface area contributed by atoms with Crippen LogP contribution >= 0.6 is 11.8 Å². The van der Waals surface area contributed by atoms with Crippen LogP contribution < -0.4 is 9.47 Å². The lowest BCUT2D eigenvalue weighted by atomic mass is 10.1. The zero-order valence-electron chi connectivity index (χ0n) is 19.5. The smallest absolute Gasteiger partial charge is 0.344 e. The SMILES string of the molecule is CCOC(=O)C1=C(O)/C(=C/c2ccc(OCc3ccccc3C#N)c(OC)c2)SC1=NC(=O)CC. The van der Waals surface area contributed by atoms with Crippen LogP contribution in [0.2, 0.25) is 0 Å². The Balaban J connectivity index is 1.89. The van der Waals surface area contributed by atoms with E-state index in [0.29, 0.717) is 27.5 Å². The molecule has 2 aromatic rings. The van der Waals surface area contributed by atoms with E-state index in [0.717, 1.165) is 17.3 Å². The number of nitrogens with zero attached hydrogens (tertiary/aromatic N) is 2. The molecule has 0 bridgehead atoms. The average molecular weight is 493 g/mol. The van der Waals surface area contributed by atoms with E-state index in [1.807, 2.05) is 12.1 Å². The molecule has 1 heterocycles. The van der Waals surface area contributed by atoms with Gasteiger partial charge in [-0.05, 0) is 36.8 Å². The molecule has 0 aromatic heterocycles. The summed E-state index contributed by atoms with van der Waals surface area (Å²) in [6.45, 7) is 3.61. The van der Waals surface area contributed by atoms with Gasteiger partial charge in [-0.15, -0.1) is 0 Å². The minimum absolute atomic E-state index is 0.0992. The van der Waals surface area contributed by atoms with Gasteiger partial charge in [-0.25, -0.2) is 9.79 Å². The van der Waals surface area contributed by atoms with Gasteiger partial charge in [0, 0.05) is 12.0 Å². The number of aliphatic hydroxyl groups excluding tert-OH is 1. The fourth-order valence-corrected chi connectivity index (χ4v) is 4.17. The molecule has 0 spiro atoms. The number of benzene rings is 2. The molecule has 180 valence electrons. The molecular weight excluding hydrogens is 468 g/mol. The standard InChI is InChI=1S/C26H24N2O6S/c1-4-22(29)28-25-23(26(31)33-5-2)24(30)21(35-25)13-16-10-11-19(20(12-16)32-3)34-15-18-9-7-6-8-17(18)14-27/h6-13,30H,4-5,15H2,1-3H3/b21-13-,28-25?. The third kappa shape index (κ3) is 6.11. The summed E-state index contributed by atoms with van der Waals surface area (Å²) < 4.78 is 16.4. The van der Waals surface area contributed by atoms with Crippen molar-refractivity contribution in [1.82, 2.24) is 0 Å². The second-order valence-corrected chi connectivity index (χ2v) is 8.22. The third-order valence-electron chi connectivity index (χ3n) is 4.91. The first kappa shape index (κ1) is 25.6. The lowest BCUT2D eigenvalue weighted by Crippen LogP contribution is -2.14. The minimum atomic E-state index is -0.748. The summed E-state index contributed by atoms with van der Waals surface area (Å²) in [5, 5.41) is 20.1. The maximum Gasteiger partial charge on any atom is 0.344 e. The number of hydrogen-bond acceptors (Lipinski definition) is 8. The Morgan fingerprint density at radius 3 is 2.63 bits per heavy atom. The van der Waals surface area contributed by atoms with E-state index in [2.05, 4.69) is 11.1 Å². The molecule has 3 rings (SSSR count). The summed E-state index contributed by atoms with van der Waals surface area (Å²) in [7, 11) is 1.50. The van der Waals surface area contributed by atoms with Crippen LogP contribution in [0.25, 0.3) is 6.08 Å². The highest BCUT2D eigenvalue weighted by Gasteiger charge is 2.33. The summed E-state index contributed by atoms with van der Waals surface area (Å²) >= 11 is 1.01. The summed E-state index contributed by atoms with van der Waals surface area (Å²) in [6, 6.07) is 14.5. The van der Waals surface area contributed by atoms with Crippen molar-refractivity contribution >= 4 is 34.8 Å². The molecule has 0 saturated heterocycles. The predicted octanol–water partition coefficient (Wildman–Crippen LogP) is 4.94. The van der Waals surface area contributed by atoms with Crippen LogP contribution in [-0.4, -0.2) is 35.7 Å². The topological polar surface area (TPSA) is 118 Å². The summed E-state index contributed by atoms with van der Waals surface area (Å²) in [6.07, 6.45) is 1.81. The molecule has 1 amide bonds.